The minimum Gasteiger partial charge on any atom is -0.347 e. The van der Waals surface area contributed by atoms with E-state index in [0.717, 1.165) is 22.2 Å². The van der Waals surface area contributed by atoms with Crippen molar-refractivity contribution in [2.24, 2.45) is 0 Å². The number of urea groups is 1. The van der Waals surface area contributed by atoms with Gasteiger partial charge in [0.15, 0.2) is 0 Å². The molecule has 0 aliphatic rings. The Morgan fingerprint density at radius 3 is 2.55 bits per heavy atom. The Morgan fingerprint density at radius 2 is 1.84 bits per heavy atom. The van der Waals surface area contributed by atoms with Crippen molar-refractivity contribution in [1.82, 2.24) is 24.6 Å². The predicted octanol–water partition coefficient (Wildman–Crippen LogP) is 3.24. The predicted molar refractivity (Wildman–Crippen MR) is 120 cm³/mol. The van der Waals surface area contributed by atoms with Gasteiger partial charge in [0.25, 0.3) is 0 Å². The van der Waals surface area contributed by atoms with E-state index in [4.69, 9.17) is 0 Å². The first kappa shape index (κ1) is 20.2. The van der Waals surface area contributed by atoms with Crippen LogP contribution in [0.25, 0.3) is 16.6 Å². The third-order valence-corrected chi connectivity index (χ3v) is 4.99. The van der Waals surface area contributed by atoms with Gasteiger partial charge in [-0.15, -0.1) is 0 Å². The number of benzene rings is 2. The number of amides is 3. The fourth-order valence-electron chi connectivity index (χ4n) is 3.25. The van der Waals surface area contributed by atoms with Gasteiger partial charge in [-0.05, 0) is 48.0 Å². The lowest BCUT2D eigenvalue weighted by atomic mass is 10.2. The van der Waals surface area contributed by atoms with E-state index in [2.05, 4.69) is 15.7 Å². The molecule has 2 aromatic heterocycles. The Balaban J connectivity index is 1.34. The summed E-state index contributed by atoms with van der Waals surface area (Å²) in [6.45, 7) is 0.694. The summed E-state index contributed by atoms with van der Waals surface area (Å²) >= 11 is 0. The molecule has 8 nitrogen and oxygen atoms in total. The number of hydrogen-bond acceptors (Lipinski definition) is 3. The molecule has 2 heterocycles. The van der Waals surface area contributed by atoms with Crippen LogP contribution in [-0.2, 0) is 17.9 Å². The molecule has 8 heteroatoms. The van der Waals surface area contributed by atoms with Gasteiger partial charge in [-0.25, -0.2) is 9.48 Å². The molecule has 31 heavy (non-hydrogen) atoms. The second kappa shape index (κ2) is 8.74. The van der Waals surface area contributed by atoms with Crippen molar-refractivity contribution in [2.75, 3.05) is 19.4 Å². The van der Waals surface area contributed by atoms with Gasteiger partial charge in [0.05, 0.1) is 5.69 Å². The molecule has 0 saturated heterocycles. The first-order chi connectivity index (χ1) is 15.0. The van der Waals surface area contributed by atoms with Crippen molar-refractivity contribution in [3.63, 3.8) is 0 Å². The lowest BCUT2D eigenvalue weighted by molar-refractivity contribution is -0.129. The molecule has 0 unspecified atom stereocenters. The largest absolute Gasteiger partial charge is 0.347 e. The van der Waals surface area contributed by atoms with E-state index in [1.807, 2.05) is 71.6 Å². The number of nitrogens with zero attached hydrogens (tertiary/aromatic N) is 4. The van der Waals surface area contributed by atoms with E-state index in [1.54, 1.807) is 29.9 Å². The van der Waals surface area contributed by atoms with Crippen molar-refractivity contribution in [1.29, 1.82) is 0 Å². The first-order valence-corrected chi connectivity index (χ1v) is 9.92. The molecule has 0 saturated carbocycles. The SMILES string of the molecule is CN(C)C(=O)Cn1ccc2cc(NC(=O)NCc3ccc(-n4cccn4)cc3)ccc21. The molecule has 0 bridgehead atoms. The second-order valence-corrected chi connectivity index (χ2v) is 7.43. The zero-order valence-corrected chi connectivity index (χ0v) is 17.4. The number of aromatic nitrogens is 3. The third-order valence-electron chi connectivity index (χ3n) is 4.99. The highest BCUT2D eigenvalue weighted by molar-refractivity contribution is 5.93. The number of hydrogen-bond donors (Lipinski definition) is 2. The zero-order valence-electron chi connectivity index (χ0n) is 17.4. The van der Waals surface area contributed by atoms with Gasteiger partial charge in [0.2, 0.25) is 5.91 Å². The summed E-state index contributed by atoms with van der Waals surface area (Å²) in [6, 6.07) is 17.0. The third kappa shape index (κ3) is 4.75. The summed E-state index contributed by atoms with van der Waals surface area (Å²) < 4.78 is 3.68. The molecule has 158 valence electrons. The van der Waals surface area contributed by atoms with Gasteiger partial charge in [-0.1, -0.05) is 12.1 Å². The summed E-state index contributed by atoms with van der Waals surface area (Å²) in [4.78, 5) is 25.8. The molecule has 3 amide bonds. The Kier molecular flexibility index (Phi) is 5.70. The van der Waals surface area contributed by atoms with Crippen LogP contribution >= 0.6 is 0 Å². The highest BCUT2D eigenvalue weighted by atomic mass is 16.2. The summed E-state index contributed by atoms with van der Waals surface area (Å²) in [6.07, 6.45) is 5.49. The van der Waals surface area contributed by atoms with Gasteiger partial charge in [-0.3, -0.25) is 4.79 Å². The lowest BCUT2D eigenvalue weighted by Crippen LogP contribution is -2.28. The summed E-state index contributed by atoms with van der Waals surface area (Å²) in [7, 11) is 3.48. The quantitative estimate of drug-likeness (QED) is 0.506. The Morgan fingerprint density at radius 1 is 1.03 bits per heavy atom. The Bertz CT molecular complexity index is 1190. The van der Waals surface area contributed by atoms with Crippen LogP contribution in [0.3, 0.4) is 0 Å². The topological polar surface area (TPSA) is 84.2 Å². The van der Waals surface area contributed by atoms with Gasteiger partial charge >= 0.3 is 6.03 Å². The zero-order chi connectivity index (χ0) is 21.8. The summed E-state index contributed by atoms with van der Waals surface area (Å²) in [5.41, 5.74) is 3.59. The maximum absolute atomic E-state index is 12.3. The molecule has 0 fully saturated rings. The number of fused-ring (bicyclic) bond motifs is 1. The monoisotopic (exact) mass is 416 g/mol. The first-order valence-electron chi connectivity index (χ1n) is 9.92. The number of nitrogens with one attached hydrogen (secondary N) is 2. The van der Waals surface area contributed by atoms with Crippen LogP contribution < -0.4 is 10.6 Å². The average Bonchev–Trinajstić information content (AvgIpc) is 3.43. The van der Waals surface area contributed by atoms with Crippen LogP contribution in [0.1, 0.15) is 5.56 Å². The van der Waals surface area contributed by atoms with Crippen LogP contribution in [-0.4, -0.2) is 45.3 Å². The van der Waals surface area contributed by atoms with Crippen LogP contribution in [0.2, 0.25) is 0 Å². The molecule has 2 N–H and O–H groups in total. The molecule has 4 aromatic rings. The van der Waals surface area contributed by atoms with Gasteiger partial charge in [0, 0.05) is 55.8 Å². The number of anilines is 1. The molecule has 0 spiro atoms. The van der Waals surface area contributed by atoms with Crippen molar-refractivity contribution in [3.8, 4) is 5.69 Å². The Labute approximate surface area is 180 Å². The van der Waals surface area contributed by atoms with Gasteiger partial charge in [-0.2, -0.15) is 5.10 Å². The molecular formula is C23H24N6O2. The van der Waals surface area contributed by atoms with E-state index >= 15 is 0 Å². The van der Waals surface area contributed by atoms with Crippen LogP contribution in [0.15, 0.2) is 73.2 Å². The van der Waals surface area contributed by atoms with Crippen molar-refractivity contribution in [2.45, 2.75) is 13.1 Å². The van der Waals surface area contributed by atoms with Crippen molar-refractivity contribution >= 4 is 28.5 Å². The van der Waals surface area contributed by atoms with Gasteiger partial charge in [0.1, 0.15) is 6.54 Å². The summed E-state index contributed by atoms with van der Waals surface area (Å²) in [5.74, 6) is 0.0248. The smallest absolute Gasteiger partial charge is 0.319 e. The molecule has 2 aromatic carbocycles. The van der Waals surface area contributed by atoms with E-state index in [9.17, 15) is 9.59 Å². The molecule has 0 atom stereocenters. The number of rotatable bonds is 6. The maximum Gasteiger partial charge on any atom is 0.319 e. The number of likely N-dealkylation sites (N-methyl/N-ethyl adjacent to an activating group) is 1. The summed E-state index contributed by atoms with van der Waals surface area (Å²) in [5, 5.41) is 10.9. The molecule has 0 radical (unpaired) electrons. The van der Waals surface area contributed by atoms with E-state index < -0.39 is 0 Å². The number of carbonyl (C=O) groups excluding carboxylic acids is 2. The van der Waals surface area contributed by atoms with E-state index in [1.165, 1.54) is 0 Å². The molecule has 4 rings (SSSR count). The molecule has 0 aliphatic heterocycles. The highest BCUT2D eigenvalue weighted by Gasteiger charge is 2.09. The molecular weight excluding hydrogens is 392 g/mol. The fourth-order valence-corrected chi connectivity index (χ4v) is 3.25. The second-order valence-electron chi connectivity index (χ2n) is 7.43. The fraction of sp³-hybridized carbons (Fsp3) is 0.174. The van der Waals surface area contributed by atoms with Gasteiger partial charge < -0.3 is 20.1 Å². The number of carbonyl (C=O) groups is 2. The van der Waals surface area contributed by atoms with E-state index in [-0.39, 0.29) is 18.5 Å². The average molecular weight is 416 g/mol. The molecule has 0 aliphatic carbocycles. The van der Waals surface area contributed by atoms with Crippen LogP contribution in [0.4, 0.5) is 10.5 Å². The standard InChI is InChI=1S/C23H24N6O2/c1-27(2)22(30)16-28-13-10-18-14-19(6-9-21(18)28)26-23(31)24-15-17-4-7-20(8-5-17)29-12-3-11-25-29/h3-14H,15-16H2,1-2H3,(H2,24,26,31). The van der Waals surface area contributed by atoms with Crippen LogP contribution in [0.5, 0.6) is 0 Å². The van der Waals surface area contributed by atoms with Crippen molar-refractivity contribution < 1.29 is 9.59 Å². The van der Waals surface area contributed by atoms with Crippen molar-refractivity contribution in [3.05, 3.63) is 78.8 Å². The van der Waals surface area contributed by atoms with E-state index in [0.29, 0.717) is 12.2 Å². The minimum absolute atomic E-state index is 0.0248. The van der Waals surface area contributed by atoms with Crippen LogP contribution in [0, 0.1) is 0 Å². The lowest BCUT2D eigenvalue weighted by Gasteiger charge is -2.12. The Hall–Kier alpha value is -4.07. The minimum atomic E-state index is -0.280. The maximum atomic E-state index is 12.3. The normalized spacial score (nSPS) is 10.8. The highest BCUT2D eigenvalue weighted by Crippen LogP contribution is 2.21.